The van der Waals surface area contributed by atoms with Gasteiger partial charge in [-0.2, -0.15) is 0 Å². The third-order valence-electron chi connectivity index (χ3n) is 3.08. The van der Waals surface area contributed by atoms with Crippen molar-refractivity contribution in [2.45, 2.75) is 26.7 Å². The lowest BCUT2D eigenvalue weighted by atomic mass is 9.97. The highest BCUT2D eigenvalue weighted by atomic mass is 16.5. The maximum absolute atomic E-state index is 11.9. The van der Waals surface area contributed by atoms with Gasteiger partial charge in [0, 0.05) is 0 Å². The molecule has 0 aliphatic heterocycles. The molecular formula is C16H18O2. The SMILES string of the molecule is CCOC(=O)c1ccc2c(C(C)C)ccccc1-2. The highest BCUT2D eigenvalue weighted by Gasteiger charge is 2.18. The van der Waals surface area contributed by atoms with E-state index in [4.69, 9.17) is 4.74 Å². The van der Waals surface area contributed by atoms with Crippen molar-refractivity contribution in [3.63, 3.8) is 0 Å². The number of esters is 1. The first-order valence-corrected chi connectivity index (χ1v) is 6.34. The van der Waals surface area contributed by atoms with Gasteiger partial charge in [0.25, 0.3) is 0 Å². The fourth-order valence-corrected chi connectivity index (χ4v) is 2.21. The fraction of sp³-hybridized carbons (Fsp3) is 0.312. The summed E-state index contributed by atoms with van der Waals surface area (Å²) in [7, 11) is 0. The van der Waals surface area contributed by atoms with Crippen LogP contribution in [0.15, 0.2) is 36.4 Å². The molecule has 0 fully saturated rings. The first kappa shape index (κ1) is 12.6. The maximum atomic E-state index is 11.9. The first-order valence-electron chi connectivity index (χ1n) is 6.34. The van der Waals surface area contributed by atoms with Crippen LogP contribution in [0.3, 0.4) is 0 Å². The van der Waals surface area contributed by atoms with Crippen molar-refractivity contribution in [3.05, 3.63) is 47.5 Å². The Morgan fingerprint density at radius 2 is 1.83 bits per heavy atom. The second-order valence-electron chi connectivity index (χ2n) is 4.62. The number of carbonyl (C=O) groups excluding carboxylic acids is 1. The smallest absolute Gasteiger partial charge is 0.338 e. The fourth-order valence-electron chi connectivity index (χ4n) is 2.21. The topological polar surface area (TPSA) is 26.3 Å². The van der Waals surface area contributed by atoms with Gasteiger partial charge in [-0.05, 0) is 35.6 Å². The minimum Gasteiger partial charge on any atom is -0.462 e. The van der Waals surface area contributed by atoms with E-state index in [1.54, 1.807) is 0 Å². The Kier molecular flexibility index (Phi) is 3.66. The van der Waals surface area contributed by atoms with E-state index in [1.807, 2.05) is 37.3 Å². The number of fused-ring (bicyclic) bond motifs is 1. The Balaban J connectivity index is 2.53. The van der Waals surface area contributed by atoms with E-state index in [1.165, 1.54) is 5.56 Å². The van der Waals surface area contributed by atoms with Crippen LogP contribution in [0.1, 0.15) is 42.6 Å². The number of hydrogen-bond acceptors (Lipinski definition) is 2. The van der Waals surface area contributed by atoms with Gasteiger partial charge in [-0.25, -0.2) is 4.79 Å². The van der Waals surface area contributed by atoms with Gasteiger partial charge in [0.1, 0.15) is 0 Å². The third kappa shape index (κ3) is 2.23. The summed E-state index contributed by atoms with van der Waals surface area (Å²) in [6.45, 7) is 6.54. The molecule has 0 spiro atoms. The second-order valence-corrected chi connectivity index (χ2v) is 4.62. The summed E-state index contributed by atoms with van der Waals surface area (Å²) in [5.41, 5.74) is 4.02. The van der Waals surface area contributed by atoms with Crippen LogP contribution in [0.5, 0.6) is 0 Å². The van der Waals surface area contributed by atoms with E-state index in [9.17, 15) is 4.79 Å². The Bertz CT molecular complexity index is 529. The second kappa shape index (κ2) is 5.21. The molecular weight excluding hydrogens is 224 g/mol. The molecule has 0 heterocycles. The summed E-state index contributed by atoms with van der Waals surface area (Å²) in [5.74, 6) is 0.186. The monoisotopic (exact) mass is 242 g/mol. The van der Waals surface area contributed by atoms with Gasteiger partial charge < -0.3 is 4.74 Å². The normalized spacial score (nSPS) is 10.9. The molecule has 0 bridgehead atoms. The van der Waals surface area contributed by atoms with Crippen LogP contribution < -0.4 is 0 Å². The van der Waals surface area contributed by atoms with Crippen LogP contribution in [0.25, 0.3) is 11.1 Å². The Hall–Kier alpha value is -1.83. The molecule has 94 valence electrons. The molecule has 0 unspecified atom stereocenters. The molecule has 18 heavy (non-hydrogen) atoms. The average Bonchev–Trinajstić information content (AvgIpc) is 2.62. The Labute approximate surface area is 108 Å². The molecule has 0 saturated carbocycles. The predicted molar refractivity (Wildman–Crippen MR) is 73.1 cm³/mol. The lowest BCUT2D eigenvalue weighted by Crippen LogP contribution is -2.04. The molecule has 0 atom stereocenters. The van der Waals surface area contributed by atoms with Crippen LogP contribution in [0.4, 0.5) is 0 Å². The van der Waals surface area contributed by atoms with Gasteiger partial charge >= 0.3 is 5.97 Å². The van der Waals surface area contributed by atoms with E-state index in [0.29, 0.717) is 18.1 Å². The van der Waals surface area contributed by atoms with Crippen molar-refractivity contribution in [1.82, 2.24) is 0 Å². The Morgan fingerprint density at radius 3 is 2.50 bits per heavy atom. The maximum Gasteiger partial charge on any atom is 0.338 e. The standard InChI is InChI=1S/C16H18O2/c1-4-18-16(17)15-10-9-14-12(11(2)3)7-5-6-8-13(14)15/h5-11H,4H2,1-3H3. The summed E-state index contributed by atoms with van der Waals surface area (Å²) in [4.78, 5) is 11.9. The molecule has 2 aliphatic carbocycles. The summed E-state index contributed by atoms with van der Waals surface area (Å²) in [6.07, 6.45) is 0. The zero-order valence-electron chi connectivity index (χ0n) is 11.1. The molecule has 0 N–H and O–H groups in total. The average molecular weight is 242 g/mol. The van der Waals surface area contributed by atoms with E-state index < -0.39 is 0 Å². The first-order chi connectivity index (χ1) is 8.65. The van der Waals surface area contributed by atoms with Gasteiger partial charge in [0.05, 0.1) is 12.2 Å². The zero-order chi connectivity index (χ0) is 13.1. The van der Waals surface area contributed by atoms with E-state index >= 15 is 0 Å². The number of carbonyl (C=O) groups is 1. The largest absolute Gasteiger partial charge is 0.462 e. The van der Waals surface area contributed by atoms with Gasteiger partial charge in [-0.1, -0.05) is 44.2 Å². The van der Waals surface area contributed by atoms with E-state index in [-0.39, 0.29) is 5.97 Å². The summed E-state index contributed by atoms with van der Waals surface area (Å²) >= 11 is 0. The highest BCUT2D eigenvalue weighted by molar-refractivity contribution is 5.99. The molecule has 0 radical (unpaired) electrons. The highest BCUT2D eigenvalue weighted by Crippen LogP contribution is 2.34. The van der Waals surface area contributed by atoms with Crippen LogP contribution in [0.2, 0.25) is 0 Å². The van der Waals surface area contributed by atoms with Gasteiger partial charge in [-0.3, -0.25) is 0 Å². The quantitative estimate of drug-likeness (QED) is 0.758. The lowest BCUT2D eigenvalue weighted by molar-refractivity contribution is 0.0528. The molecule has 0 aromatic rings. The summed E-state index contributed by atoms with van der Waals surface area (Å²) in [5, 5.41) is 0. The summed E-state index contributed by atoms with van der Waals surface area (Å²) in [6, 6.07) is 11.9. The van der Waals surface area contributed by atoms with Crippen molar-refractivity contribution < 1.29 is 9.53 Å². The zero-order valence-corrected chi connectivity index (χ0v) is 11.1. The minimum atomic E-state index is -0.242. The van der Waals surface area contributed by atoms with Crippen LogP contribution in [0, 0.1) is 0 Å². The number of hydrogen-bond donors (Lipinski definition) is 0. The lowest BCUT2D eigenvalue weighted by Gasteiger charge is -2.08. The Morgan fingerprint density at radius 1 is 1.11 bits per heavy atom. The van der Waals surface area contributed by atoms with Crippen molar-refractivity contribution in [2.24, 2.45) is 0 Å². The van der Waals surface area contributed by atoms with Crippen molar-refractivity contribution >= 4 is 5.97 Å². The van der Waals surface area contributed by atoms with Crippen molar-refractivity contribution in [2.75, 3.05) is 6.61 Å². The van der Waals surface area contributed by atoms with Crippen molar-refractivity contribution in [1.29, 1.82) is 0 Å². The summed E-state index contributed by atoms with van der Waals surface area (Å²) < 4.78 is 5.09. The predicted octanol–water partition coefficient (Wildman–Crippen LogP) is 4.09. The van der Waals surface area contributed by atoms with Gasteiger partial charge in [0.2, 0.25) is 0 Å². The van der Waals surface area contributed by atoms with Crippen LogP contribution in [-0.2, 0) is 4.74 Å². The molecule has 0 saturated heterocycles. The van der Waals surface area contributed by atoms with E-state index in [2.05, 4.69) is 19.9 Å². The molecule has 2 heteroatoms. The number of rotatable bonds is 3. The molecule has 2 aliphatic rings. The van der Waals surface area contributed by atoms with Gasteiger partial charge in [0.15, 0.2) is 0 Å². The van der Waals surface area contributed by atoms with Crippen molar-refractivity contribution in [3.8, 4) is 11.1 Å². The van der Waals surface area contributed by atoms with E-state index in [0.717, 1.165) is 11.1 Å². The molecule has 2 rings (SSSR count). The molecule has 0 aromatic heterocycles. The molecule has 2 nitrogen and oxygen atoms in total. The van der Waals surface area contributed by atoms with Crippen LogP contribution >= 0.6 is 0 Å². The number of ether oxygens (including phenoxy) is 1. The molecule has 0 amide bonds. The minimum absolute atomic E-state index is 0.242. The molecule has 0 aromatic carbocycles. The van der Waals surface area contributed by atoms with Gasteiger partial charge in [-0.15, -0.1) is 0 Å². The van der Waals surface area contributed by atoms with Crippen LogP contribution in [-0.4, -0.2) is 12.6 Å². The third-order valence-corrected chi connectivity index (χ3v) is 3.08.